The molecule has 2 aliphatic carbocycles. The number of carbonyl (C=O) groups is 1. The van der Waals surface area contributed by atoms with Gasteiger partial charge < -0.3 is 24.6 Å². The Morgan fingerprint density at radius 2 is 1.92 bits per heavy atom. The maximum absolute atomic E-state index is 12.3. The topological polar surface area (TPSA) is 81.7 Å². The highest BCUT2D eigenvalue weighted by molar-refractivity contribution is 5.84. The van der Waals surface area contributed by atoms with Crippen molar-refractivity contribution in [3.8, 4) is 5.75 Å². The van der Waals surface area contributed by atoms with E-state index in [0.29, 0.717) is 12.5 Å². The van der Waals surface area contributed by atoms with E-state index in [9.17, 15) is 18.0 Å². The van der Waals surface area contributed by atoms with E-state index in [1.165, 1.54) is 76.4 Å². The summed E-state index contributed by atoms with van der Waals surface area (Å²) in [7, 11) is 1.72. The predicted molar refractivity (Wildman–Crippen MR) is 129 cm³/mol. The highest BCUT2D eigenvalue weighted by atomic mass is 19.4. The zero-order chi connectivity index (χ0) is 25.7. The van der Waals surface area contributed by atoms with Gasteiger partial charge in [-0.2, -0.15) is 0 Å². The van der Waals surface area contributed by atoms with Crippen molar-refractivity contribution in [1.82, 2.24) is 14.5 Å². The number of nitrogens with zero attached hydrogens (tertiary/aromatic N) is 4. The largest absolute Gasteiger partial charge is 0.658 e. The van der Waals surface area contributed by atoms with Gasteiger partial charge in [-0.3, -0.25) is 0 Å². The summed E-state index contributed by atoms with van der Waals surface area (Å²) in [6.45, 7) is 5.00. The number of halogens is 3. The number of ether oxygens (including phenoxy) is 1. The van der Waals surface area contributed by atoms with Crippen molar-refractivity contribution >= 4 is 5.97 Å². The van der Waals surface area contributed by atoms with Crippen molar-refractivity contribution in [1.29, 1.82) is 0 Å². The van der Waals surface area contributed by atoms with Crippen molar-refractivity contribution in [2.45, 2.75) is 45.0 Å². The van der Waals surface area contributed by atoms with Crippen LogP contribution in [-0.4, -0.2) is 58.1 Å². The second-order valence-electron chi connectivity index (χ2n) is 10.2. The van der Waals surface area contributed by atoms with Crippen LogP contribution in [0.5, 0.6) is 5.75 Å². The number of carboxylic acid groups (broad SMARTS) is 1. The molecular weight excluding hydrogens is 473 g/mol. The summed E-state index contributed by atoms with van der Waals surface area (Å²) in [4.78, 5) is 16.4. The van der Waals surface area contributed by atoms with Crippen LogP contribution in [0.3, 0.4) is 0 Å². The van der Waals surface area contributed by atoms with E-state index in [1.807, 2.05) is 0 Å². The summed E-state index contributed by atoms with van der Waals surface area (Å²) < 4.78 is 42.5. The Labute approximate surface area is 209 Å². The molecule has 2 unspecified atom stereocenters. The third-order valence-electron chi connectivity index (χ3n) is 7.38. The van der Waals surface area contributed by atoms with Crippen LogP contribution in [0.25, 0.3) is 5.32 Å². The summed E-state index contributed by atoms with van der Waals surface area (Å²) in [5.41, 5.74) is 0.846. The van der Waals surface area contributed by atoms with Gasteiger partial charge in [0.15, 0.2) is 5.69 Å². The molecular formula is C26H34F3N4O3-. The fraction of sp³-hybridized carbons (Fsp3) is 0.615. The Kier molecular flexibility index (Phi) is 8.56. The van der Waals surface area contributed by atoms with E-state index in [4.69, 9.17) is 5.11 Å². The molecule has 0 radical (unpaired) electrons. The molecule has 3 aliphatic rings. The van der Waals surface area contributed by atoms with Gasteiger partial charge in [-0.15, -0.1) is 26.3 Å². The molecule has 2 heterocycles. The van der Waals surface area contributed by atoms with Crippen LogP contribution >= 0.6 is 0 Å². The highest BCUT2D eigenvalue weighted by Gasteiger charge is 2.53. The van der Waals surface area contributed by atoms with Gasteiger partial charge in [-0.25, -0.2) is 9.78 Å². The first-order chi connectivity index (χ1) is 17.2. The first-order valence-electron chi connectivity index (χ1n) is 12.6. The first-order valence-corrected chi connectivity index (χ1v) is 12.6. The van der Waals surface area contributed by atoms with E-state index in [2.05, 4.69) is 19.9 Å². The van der Waals surface area contributed by atoms with Crippen LogP contribution in [0.2, 0.25) is 0 Å². The number of hydrogen-bond donors (Lipinski definition) is 1. The number of likely N-dealkylation sites (tertiary alicyclic amines) is 1. The molecule has 1 saturated heterocycles. The fourth-order valence-corrected chi connectivity index (χ4v) is 5.60. The third-order valence-corrected chi connectivity index (χ3v) is 7.38. The second kappa shape index (κ2) is 11.6. The highest BCUT2D eigenvalue weighted by Crippen LogP contribution is 2.52. The van der Waals surface area contributed by atoms with Crippen LogP contribution in [-0.2, 0) is 13.6 Å². The van der Waals surface area contributed by atoms with Gasteiger partial charge in [-0.1, -0.05) is 42.9 Å². The molecule has 1 aliphatic heterocycles. The smallest absolute Gasteiger partial charge is 0.573 e. The van der Waals surface area contributed by atoms with Gasteiger partial charge in [0.25, 0.3) is 0 Å². The Morgan fingerprint density at radius 3 is 2.50 bits per heavy atom. The fourth-order valence-electron chi connectivity index (χ4n) is 5.60. The number of piperidine rings is 1. The molecule has 1 N–H and O–H groups in total. The zero-order valence-corrected chi connectivity index (χ0v) is 20.5. The Balaban J connectivity index is 0.000000286. The average Bonchev–Trinajstić information content (AvgIpc) is 3.14. The summed E-state index contributed by atoms with van der Waals surface area (Å²) in [5.74, 6) is 2.01. The molecule has 2 atom stereocenters. The number of carboxylic acids is 1. The van der Waals surface area contributed by atoms with Gasteiger partial charge >= 0.3 is 12.3 Å². The number of rotatable bonds is 8. The van der Waals surface area contributed by atoms with Gasteiger partial charge in [0.2, 0.25) is 0 Å². The van der Waals surface area contributed by atoms with Crippen LogP contribution in [0.1, 0.15) is 48.2 Å². The minimum Gasteiger partial charge on any atom is -0.658 e. The summed E-state index contributed by atoms with van der Waals surface area (Å²) in [6, 6.07) is 6.13. The number of hydrogen-bond acceptors (Lipinski definition) is 4. The molecule has 1 aromatic heterocycles. The standard InChI is InChI=1S/C21H28F3N2O.C5H6N2O2/c22-21(23,24)27-17-8-4-7-16(9-17)10-25-11-18-19-13-26(14-20(18)19)12-15-5-2-1-3-6-15;1-7-2-4(5(8)9)6-3-7/h4,7-9,15,18-20H,1-3,5-6,10-14H2;2-3H,1H3,(H,8,9)/q-1;. The maximum Gasteiger partial charge on any atom is 0.573 e. The Morgan fingerprint density at radius 1 is 1.19 bits per heavy atom. The molecule has 7 nitrogen and oxygen atoms in total. The van der Waals surface area contributed by atoms with Crippen LogP contribution in [0.4, 0.5) is 13.2 Å². The lowest BCUT2D eigenvalue weighted by atomic mass is 9.89. The maximum atomic E-state index is 12.3. The number of imidazole rings is 1. The Bertz CT molecular complexity index is 994. The quantitative estimate of drug-likeness (QED) is 0.522. The Hall–Kier alpha value is -2.59. The first kappa shape index (κ1) is 26.5. The molecule has 2 aromatic rings. The number of benzene rings is 1. The summed E-state index contributed by atoms with van der Waals surface area (Å²) in [6.07, 6.45) is 5.28. The number of aromatic carboxylic acids is 1. The van der Waals surface area contributed by atoms with Gasteiger partial charge in [0.1, 0.15) is 5.75 Å². The van der Waals surface area contributed by atoms with E-state index in [0.717, 1.165) is 29.9 Å². The van der Waals surface area contributed by atoms with Crippen molar-refractivity contribution < 1.29 is 27.8 Å². The SMILES string of the molecule is Cn1cnc(C(=O)O)c1.FC(F)(F)Oc1cccc(C[N-]CC2C3CN(CC4CCCCC4)CC23)c1. The lowest BCUT2D eigenvalue weighted by molar-refractivity contribution is -0.274. The summed E-state index contributed by atoms with van der Waals surface area (Å²) >= 11 is 0. The van der Waals surface area contributed by atoms with Gasteiger partial charge in [0.05, 0.1) is 6.33 Å². The van der Waals surface area contributed by atoms with Crippen LogP contribution in [0, 0.1) is 23.7 Å². The molecule has 10 heteroatoms. The normalized spacial score (nSPS) is 24.1. The van der Waals surface area contributed by atoms with Crippen molar-refractivity contribution in [2.75, 3.05) is 26.2 Å². The van der Waals surface area contributed by atoms with E-state index < -0.39 is 12.3 Å². The molecule has 3 fully saturated rings. The number of aryl methyl sites for hydroxylation is 1. The second-order valence-corrected chi connectivity index (χ2v) is 10.2. The molecule has 5 rings (SSSR count). The predicted octanol–water partition coefficient (Wildman–Crippen LogP) is 5.34. The molecule has 0 spiro atoms. The molecule has 2 saturated carbocycles. The van der Waals surface area contributed by atoms with Crippen molar-refractivity contribution in [3.63, 3.8) is 0 Å². The van der Waals surface area contributed by atoms with Crippen molar-refractivity contribution in [3.05, 3.63) is 53.4 Å². The number of aromatic nitrogens is 2. The third kappa shape index (κ3) is 7.70. The molecule has 198 valence electrons. The average molecular weight is 508 g/mol. The molecule has 0 amide bonds. The zero-order valence-electron chi connectivity index (χ0n) is 20.5. The lowest BCUT2D eigenvalue weighted by Crippen LogP contribution is -2.31. The van der Waals surface area contributed by atoms with E-state index in [-0.39, 0.29) is 11.4 Å². The molecule has 36 heavy (non-hydrogen) atoms. The molecule has 0 bridgehead atoms. The monoisotopic (exact) mass is 507 g/mol. The minimum absolute atomic E-state index is 0.0810. The van der Waals surface area contributed by atoms with E-state index >= 15 is 0 Å². The number of alkyl halides is 3. The summed E-state index contributed by atoms with van der Waals surface area (Å²) in [5, 5.41) is 12.9. The van der Waals surface area contributed by atoms with Gasteiger partial charge in [0, 0.05) is 32.9 Å². The van der Waals surface area contributed by atoms with Crippen molar-refractivity contribution in [2.24, 2.45) is 30.7 Å². The van der Waals surface area contributed by atoms with Crippen LogP contribution in [0.15, 0.2) is 36.8 Å². The number of fused-ring (bicyclic) bond motifs is 1. The lowest BCUT2D eigenvalue weighted by Gasteiger charge is -2.29. The van der Waals surface area contributed by atoms with Crippen LogP contribution < -0.4 is 4.74 Å². The van der Waals surface area contributed by atoms with E-state index in [1.54, 1.807) is 23.7 Å². The minimum atomic E-state index is -4.65. The molecule has 1 aromatic carbocycles. The van der Waals surface area contributed by atoms with Gasteiger partial charge in [-0.05, 0) is 42.7 Å².